The van der Waals surface area contributed by atoms with Gasteiger partial charge in [-0.2, -0.15) is 0 Å². The van der Waals surface area contributed by atoms with Crippen LogP contribution in [0.15, 0.2) is 18.2 Å². The fraction of sp³-hybridized carbons (Fsp3) is 0.533. The highest BCUT2D eigenvalue weighted by molar-refractivity contribution is 5.72. The zero-order valence-corrected chi connectivity index (χ0v) is 11.8. The maximum atomic E-state index is 10.6. The summed E-state index contributed by atoms with van der Waals surface area (Å²) in [5.74, 6) is 0.389. The highest BCUT2D eigenvalue weighted by Crippen LogP contribution is 2.26. The molecule has 1 atom stereocenters. The smallest absolute Gasteiger partial charge is 0.320 e. The van der Waals surface area contributed by atoms with Gasteiger partial charge in [-0.15, -0.1) is 0 Å². The second kappa shape index (κ2) is 7.14. The minimum Gasteiger partial charge on any atom is -0.496 e. The molecule has 4 nitrogen and oxygen atoms in total. The summed E-state index contributed by atoms with van der Waals surface area (Å²) in [5.41, 5.74) is 7.82. The minimum absolute atomic E-state index is 0.461. The Morgan fingerprint density at radius 1 is 1.42 bits per heavy atom. The van der Waals surface area contributed by atoms with Crippen LogP contribution in [0.3, 0.4) is 0 Å². The molecule has 0 amide bonds. The Labute approximate surface area is 114 Å². The Bertz CT molecular complexity index is 429. The van der Waals surface area contributed by atoms with Gasteiger partial charge in [0, 0.05) is 0 Å². The fourth-order valence-corrected chi connectivity index (χ4v) is 1.96. The summed E-state index contributed by atoms with van der Waals surface area (Å²) in [6.07, 6.45) is 2.00. The van der Waals surface area contributed by atoms with Crippen molar-refractivity contribution in [3.63, 3.8) is 0 Å². The van der Waals surface area contributed by atoms with Crippen molar-refractivity contribution in [2.45, 2.75) is 45.1 Å². The number of carbonyl (C=O) groups is 1. The molecule has 4 heteroatoms. The summed E-state index contributed by atoms with van der Waals surface area (Å²) in [6.45, 7) is 4.28. The van der Waals surface area contributed by atoms with E-state index in [1.165, 1.54) is 5.56 Å². The van der Waals surface area contributed by atoms with E-state index in [2.05, 4.69) is 32.0 Å². The van der Waals surface area contributed by atoms with Crippen LogP contribution in [-0.2, 0) is 11.2 Å². The number of hydrogen-bond donors (Lipinski definition) is 2. The second-order valence-corrected chi connectivity index (χ2v) is 5.06. The van der Waals surface area contributed by atoms with E-state index in [0.717, 1.165) is 24.2 Å². The number of carboxylic acids is 1. The number of nitrogens with two attached hydrogens (primary N) is 1. The first-order chi connectivity index (χ1) is 8.95. The van der Waals surface area contributed by atoms with Gasteiger partial charge < -0.3 is 15.6 Å². The number of rotatable bonds is 7. The molecule has 0 aliphatic rings. The normalized spacial score (nSPS) is 12.5. The Morgan fingerprint density at radius 2 is 2.11 bits per heavy atom. The van der Waals surface area contributed by atoms with Crippen LogP contribution in [0, 0.1) is 0 Å². The molecule has 0 aliphatic heterocycles. The third-order valence-electron chi connectivity index (χ3n) is 3.26. The first-order valence-corrected chi connectivity index (χ1v) is 6.61. The lowest BCUT2D eigenvalue weighted by Crippen LogP contribution is -2.29. The molecular formula is C15H23NO3. The molecule has 0 saturated heterocycles. The van der Waals surface area contributed by atoms with Crippen molar-refractivity contribution in [2.75, 3.05) is 7.11 Å². The SMILES string of the molecule is COc1cc(C(C)C)ccc1CCCC(N)C(=O)O. The highest BCUT2D eigenvalue weighted by atomic mass is 16.5. The largest absolute Gasteiger partial charge is 0.496 e. The van der Waals surface area contributed by atoms with Gasteiger partial charge in [-0.3, -0.25) is 4.79 Å². The second-order valence-electron chi connectivity index (χ2n) is 5.06. The molecule has 0 aliphatic carbocycles. The summed E-state index contributed by atoms with van der Waals surface area (Å²) >= 11 is 0. The van der Waals surface area contributed by atoms with Gasteiger partial charge in [0.25, 0.3) is 0 Å². The molecule has 1 aromatic rings. The van der Waals surface area contributed by atoms with Crippen LogP contribution in [-0.4, -0.2) is 24.2 Å². The third-order valence-corrected chi connectivity index (χ3v) is 3.26. The molecule has 106 valence electrons. The van der Waals surface area contributed by atoms with Crippen LogP contribution in [0.5, 0.6) is 5.75 Å². The molecule has 0 bridgehead atoms. The number of benzene rings is 1. The van der Waals surface area contributed by atoms with Crippen LogP contribution in [0.25, 0.3) is 0 Å². The van der Waals surface area contributed by atoms with Crippen molar-refractivity contribution >= 4 is 5.97 Å². The molecule has 1 aromatic carbocycles. The average molecular weight is 265 g/mol. The molecular weight excluding hydrogens is 242 g/mol. The van der Waals surface area contributed by atoms with Gasteiger partial charge >= 0.3 is 5.97 Å². The quantitative estimate of drug-likeness (QED) is 0.794. The summed E-state index contributed by atoms with van der Waals surface area (Å²) < 4.78 is 5.39. The monoisotopic (exact) mass is 265 g/mol. The van der Waals surface area contributed by atoms with Crippen molar-refractivity contribution in [2.24, 2.45) is 5.73 Å². The Hall–Kier alpha value is -1.55. The number of hydrogen-bond acceptors (Lipinski definition) is 3. The van der Waals surface area contributed by atoms with Gasteiger partial charge in [0.1, 0.15) is 11.8 Å². The minimum atomic E-state index is -0.942. The van der Waals surface area contributed by atoms with E-state index < -0.39 is 12.0 Å². The van der Waals surface area contributed by atoms with E-state index in [9.17, 15) is 4.79 Å². The first-order valence-electron chi connectivity index (χ1n) is 6.61. The van der Waals surface area contributed by atoms with Crippen LogP contribution in [0.2, 0.25) is 0 Å². The van der Waals surface area contributed by atoms with E-state index in [4.69, 9.17) is 15.6 Å². The van der Waals surface area contributed by atoms with Crippen LogP contribution in [0.1, 0.15) is 43.7 Å². The number of ether oxygens (including phenoxy) is 1. The van der Waals surface area contributed by atoms with Crippen LogP contribution >= 0.6 is 0 Å². The molecule has 0 aromatic heterocycles. The summed E-state index contributed by atoms with van der Waals surface area (Å²) in [6, 6.07) is 5.43. The molecule has 0 spiro atoms. The number of aliphatic carboxylic acids is 1. The summed E-state index contributed by atoms with van der Waals surface area (Å²) in [7, 11) is 1.66. The Kier molecular flexibility index (Phi) is 5.83. The zero-order valence-electron chi connectivity index (χ0n) is 11.8. The lowest BCUT2D eigenvalue weighted by molar-refractivity contribution is -0.138. The number of carboxylic acid groups (broad SMARTS) is 1. The lowest BCUT2D eigenvalue weighted by atomic mass is 9.98. The van der Waals surface area contributed by atoms with E-state index in [0.29, 0.717) is 12.3 Å². The number of methoxy groups -OCH3 is 1. The molecule has 3 N–H and O–H groups in total. The fourth-order valence-electron chi connectivity index (χ4n) is 1.96. The van der Waals surface area contributed by atoms with E-state index >= 15 is 0 Å². The van der Waals surface area contributed by atoms with Gasteiger partial charge in [0.2, 0.25) is 0 Å². The van der Waals surface area contributed by atoms with Crippen LogP contribution < -0.4 is 10.5 Å². The van der Waals surface area contributed by atoms with Gasteiger partial charge in [0.15, 0.2) is 0 Å². The van der Waals surface area contributed by atoms with Crippen molar-refractivity contribution in [3.05, 3.63) is 29.3 Å². The zero-order chi connectivity index (χ0) is 14.4. The van der Waals surface area contributed by atoms with E-state index in [-0.39, 0.29) is 0 Å². The van der Waals surface area contributed by atoms with Gasteiger partial charge in [-0.1, -0.05) is 26.0 Å². The highest BCUT2D eigenvalue weighted by Gasteiger charge is 2.12. The molecule has 1 unspecified atom stereocenters. The molecule has 0 radical (unpaired) electrons. The van der Waals surface area contributed by atoms with Crippen molar-refractivity contribution in [1.82, 2.24) is 0 Å². The predicted molar refractivity (Wildman–Crippen MR) is 75.6 cm³/mol. The van der Waals surface area contributed by atoms with E-state index in [1.54, 1.807) is 7.11 Å². The molecule has 1 rings (SSSR count). The Morgan fingerprint density at radius 3 is 2.63 bits per heavy atom. The van der Waals surface area contributed by atoms with E-state index in [1.807, 2.05) is 0 Å². The van der Waals surface area contributed by atoms with Gasteiger partial charge in [-0.05, 0) is 42.4 Å². The topological polar surface area (TPSA) is 72.5 Å². The Balaban J connectivity index is 2.65. The maximum Gasteiger partial charge on any atom is 0.320 e. The molecule has 0 heterocycles. The van der Waals surface area contributed by atoms with Crippen molar-refractivity contribution in [3.8, 4) is 5.75 Å². The van der Waals surface area contributed by atoms with Gasteiger partial charge in [-0.25, -0.2) is 0 Å². The first kappa shape index (κ1) is 15.5. The maximum absolute atomic E-state index is 10.6. The molecule has 19 heavy (non-hydrogen) atoms. The van der Waals surface area contributed by atoms with Crippen molar-refractivity contribution in [1.29, 1.82) is 0 Å². The van der Waals surface area contributed by atoms with Gasteiger partial charge in [0.05, 0.1) is 7.11 Å². The molecule has 0 fully saturated rings. The standard InChI is InChI=1S/C15H23NO3/c1-10(2)12-8-7-11(14(9-12)19-3)5-4-6-13(16)15(17)18/h7-10,13H,4-6,16H2,1-3H3,(H,17,18). The van der Waals surface area contributed by atoms with Crippen LogP contribution in [0.4, 0.5) is 0 Å². The summed E-state index contributed by atoms with van der Waals surface area (Å²) in [5, 5.41) is 8.73. The average Bonchev–Trinajstić information content (AvgIpc) is 2.38. The summed E-state index contributed by atoms with van der Waals surface area (Å²) in [4.78, 5) is 10.6. The molecule has 0 saturated carbocycles. The number of aryl methyl sites for hydroxylation is 1. The van der Waals surface area contributed by atoms with Crippen molar-refractivity contribution < 1.29 is 14.6 Å². The third kappa shape index (κ3) is 4.56. The lowest BCUT2D eigenvalue weighted by Gasteiger charge is -2.13. The predicted octanol–water partition coefficient (Wildman–Crippen LogP) is 2.55.